The zero-order valence-electron chi connectivity index (χ0n) is 17.3. The van der Waals surface area contributed by atoms with Crippen LogP contribution < -0.4 is 29.0 Å². The molecule has 0 heterocycles. The molecule has 0 aliphatic carbocycles. The van der Waals surface area contributed by atoms with E-state index >= 15 is 0 Å². The number of methoxy groups -OCH3 is 2. The Kier molecular flexibility index (Phi) is 8.27. The Balaban J connectivity index is 2.44. The first kappa shape index (κ1) is 22.5. The van der Waals surface area contributed by atoms with Crippen LogP contribution in [0.5, 0.6) is 28.7 Å². The van der Waals surface area contributed by atoms with E-state index in [1.165, 1.54) is 14.2 Å². The molecular weight excluding hydrogens is 398 g/mol. The van der Waals surface area contributed by atoms with Crippen molar-refractivity contribution in [2.75, 3.05) is 39.4 Å². The molecule has 2 aromatic rings. The van der Waals surface area contributed by atoms with Crippen molar-refractivity contribution in [3.05, 3.63) is 34.9 Å². The summed E-state index contributed by atoms with van der Waals surface area (Å²) in [6, 6.07) is 6.41. The van der Waals surface area contributed by atoms with E-state index in [2.05, 4.69) is 5.32 Å². The van der Waals surface area contributed by atoms with Gasteiger partial charge in [-0.15, -0.1) is 0 Å². The summed E-state index contributed by atoms with van der Waals surface area (Å²) in [4.78, 5) is 13.0. The lowest BCUT2D eigenvalue weighted by molar-refractivity contribution is 0.102. The Morgan fingerprint density at radius 1 is 0.828 bits per heavy atom. The molecule has 1 amide bonds. The van der Waals surface area contributed by atoms with Crippen LogP contribution in [-0.4, -0.2) is 39.9 Å². The third kappa shape index (κ3) is 5.38. The standard InChI is InChI=1S/C21H26ClNO6/c1-6-27-18-9-13(10-19(28-7-2)20(18)29-8-3)21(24)23-15-12-16(25-4)14(22)11-17(15)26-5/h9-12H,6-8H2,1-5H3,(H,23,24). The van der Waals surface area contributed by atoms with E-state index < -0.39 is 0 Å². The first-order valence-corrected chi connectivity index (χ1v) is 9.65. The average molecular weight is 424 g/mol. The summed E-state index contributed by atoms with van der Waals surface area (Å²) in [5.74, 6) is 1.79. The minimum absolute atomic E-state index is 0.344. The second kappa shape index (κ2) is 10.7. The summed E-state index contributed by atoms with van der Waals surface area (Å²) in [5, 5.41) is 3.19. The Morgan fingerprint density at radius 2 is 1.38 bits per heavy atom. The molecular formula is C21H26ClNO6. The zero-order chi connectivity index (χ0) is 21.4. The van der Waals surface area contributed by atoms with Crippen molar-refractivity contribution >= 4 is 23.2 Å². The quantitative estimate of drug-likeness (QED) is 0.591. The molecule has 0 aromatic heterocycles. The van der Waals surface area contributed by atoms with Gasteiger partial charge < -0.3 is 29.0 Å². The smallest absolute Gasteiger partial charge is 0.256 e. The number of ether oxygens (including phenoxy) is 5. The Labute approximate surface area is 175 Å². The molecule has 29 heavy (non-hydrogen) atoms. The SMILES string of the molecule is CCOc1cc(C(=O)Nc2cc(OC)c(Cl)cc2OC)cc(OCC)c1OCC. The van der Waals surface area contributed by atoms with Crippen LogP contribution in [0.1, 0.15) is 31.1 Å². The van der Waals surface area contributed by atoms with Crippen molar-refractivity contribution in [1.82, 2.24) is 0 Å². The molecule has 1 N–H and O–H groups in total. The van der Waals surface area contributed by atoms with Crippen LogP contribution in [-0.2, 0) is 0 Å². The van der Waals surface area contributed by atoms with Crippen LogP contribution in [0.15, 0.2) is 24.3 Å². The normalized spacial score (nSPS) is 10.3. The van der Waals surface area contributed by atoms with E-state index in [9.17, 15) is 4.79 Å². The zero-order valence-corrected chi connectivity index (χ0v) is 18.0. The lowest BCUT2D eigenvalue weighted by Gasteiger charge is -2.17. The molecule has 0 radical (unpaired) electrons. The molecule has 0 saturated heterocycles. The molecule has 0 unspecified atom stereocenters. The van der Waals surface area contributed by atoms with Gasteiger partial charge in [0.2, 0.25) is 5.75 Å². The second-order valence-electron chi connectivity index (χ2n) is 5.74. The Hall–Kier alpha value is -2.80. The number of nitrogens with one attached hydrogen (secondary N) is 1. The van der Waals surface area contributed by atoms with E-state index in [4.69, 9.17) is 35.3 Å². The molecule has 0 saturated carbocycles. The van der Waals surface area contributed by atoms with Crippen molar-refractivity contribution in [1.29, 1.82) is 0 Å². The first-order valence-electron chi connectivity index (χ1n) is 9.28. The van der Waals surface area contributed by atoms with Gasteiger partial charge in [0.1, 0.15) is 11.5 Å². The summed E-state index contributed by atoms with van der Waals surface area (Å²) in [6.07, 6.45) is 0. The first-order chi connectivity index (χ1) is 14.0. The second-order valence-corrected chi connectivity index (χ2v) is 6.15. The molecule has 0 aliphatic heterocycles. The summed E-state index contributed by atoms with van der Waals surface area (Å²) in [5.41, 5.74) is 0.764. The molecule has 2 rings (SSSR count). The summed E-state index contributed by atoms with van der Waals surface area (Å²) >= 11 is 6.13. The number of anilines is 1. The fourth-order valence-corrected chi connectivity index (χ4v) is 2.90. The van der Waals surface area contributed by atoms with Crippen LogP contribution in [0.4, 0.5) is 5.69 Å². The van der Waals surface area contributed by atoms with Gasteiger partial charge in [-0.2, -0.15) is 0 Å². The van der Waals surface area contributed by atoms with Gasteiger partial charge in [0, 0.05) is 17.7 Å². The highest BCUT2D eigenvalue weighted by atomic mass is 35.5. The minimum atomic E-state index is -0.377. The highest BCUT2D eigenvalue weighted by Gasteiger charge is 2.20. The van der Waals surface area contributed by atoms with E-state index in [-0.39, 0.29) is 5.91 Å². The van der Waals surface area contributed by atoms with Crippen LogP contribution in [0, 0.1) is 0 Å². The monoisotopic (exact) mass is 423 g/mol. The minimum Gasteiger partial charge on any atom is -0.495 e. The van der Waals surface area contributed by atoms with Gasteiger partial charge in [-0.3, -0.25) is 4.79 Å². The van der Waals surface area contributed by atoms with Crippen molar-refractivity contribution in [2.24, 2.45) is 0 Å². The molecule has 0 atom stereocenters. The Bertz CT molecular complexity index is 828. The van der Waals surface area contributed by atoms with Crippen LogP contribution in [0.25, 0.3) is 0 Å². The number of carbonyl (C=O) groups is 1. The molecule has 0 aliphatic rings. The van der Waals surface area contributed by atoms with Gasteiger partial charge in [-0.1, -0.05) is 11.6 Å². The Morgan fingerprint density at radius 3 is 1.86 bits per heavy atom. The van der Waals surface area contributed by atoms with Crippen molar-refractivity contribution < 1.29 is 28.5 Å². The molecule has 158 valence electrons. The fraction of sp³-hybridized carbons (Fsp3) is 0.381. The third-order valence-electron chi connectivity index (χ3n) is 3.89. The lowest BCUT2D eigenvalue weighted by atomic mass is 10.1. The molecule has 0 spiro atoms. The molecule has 8 heteroatoms. The van der Waals surface area contributed by atoms with Crippen LogP contribution >= 0.6 is 11.6 Å². The van der Waals surface area contributed by atoms with E-state index in [1.54, 1.807) is 24.3 Å². The average Bonchev–Trinajstić information content (AvgIpc) is 2.71. The van der Waals surface area contributed by atoms with Gasteiger partial charge in [-0.25, -0.2) is 0 Å². The van der Waals surface area contributed by atoms with Gasteiger partial charge in [0.05, 0.1) is 44.8 Å². The largest absolute Gasteiger partial charge is 0.495 e. The van der Waals surface area contributed by atoms with E-state index in [1.807, 2.05) is 20.8 Å². The summed E-state index contributed by atoms with van der Waals surface area (Å²) < 4.78 is 27.5. The fourth-order valence-electron chi connectivity index (χ4n) is 2.67. The van der Waals surface area contributed by atoms with Gasteiger partial charge >= 0.3 is 0 Å². The van der Waals surface area contributed by atoms with Gasteiger partial charge in [0.25, 0.3) is 5.91 Å². The summed E-state index contributed by atoms with van der Waals surface area (Å²) in [7, 11) is 2.99. The maximum Gasteiger partial charge on any atom is 0.256 e. The molecule has 2 aromatic carbocycles. The maximum atomic E-state index is 13.0. The number of hydrogen-bond acceptors (Lipinski definition) is 6. The third-order valence-corrected chi connectivity index (χ3v) is 4.19. The number of hydrogen-bond donors (Lipinski definition) is 1. The number of benzene rings is 2. The van der Waals surface area contributed by atoms with Crippen LogP contribution in [0.2, 0.25) is 5.02 Å². The van der Waals surface area contributed by atoms with Crippen LogP contribution in [0.3, 0.4) is 0 Å². The topological polar surface area (TPSA) is 75.3 Å². The van der Waals surface area contributed by atoms with Crippen molar-refractivity contribution in [3.8, 4) is 28.7 Å². The number of halogens is 1. The maximum absolute atomic E-state index is 13.0. The van der Waals surface area contributed by atoms with E-state index in [0.717, 1.165) is 0 Å². The van der Waals surface area contributed by atoms with Crippen molar-refractivity contribution in [3.63, 3.8) is 0 Å². The summed E-state index contributed by atoms with van der Waals surface area (Å²) in [6.45, 7) is 6.85. The number of amides is 1. The van der Waals surface area contributed by atoms with Crippen molar-refractivity contribution in [2.45, 2.75) is 20.8 Å². The van der Waals surface area contributed by atoms with Gasteiger partial charge in [-0.05, 0) is 32.9 Å². The van der Waals surface area contributed by atoms with E-state index in [0.29, 0.717) is 64.8 Å². The number of carbonyl (C=O) groups excluding carboxylic acids is 1. The number of rotatable bonds is 10. The predicted octanol–water partition coefficient (Wildman–Crippen LogP) is 4.81. The highest BCUT2D eigenvalue weighted by Crippen LogP contribution is 2.40. The molecule has 0 bridgehead atoms. The highest BCUT2D eigenvalue weighted by molar-refractivity contribution is 6.32. The molecule has 7 nitrogen and oxygen atoms in total. The molecule has 0 fully saturated rings. The van der Waals surface area contributed by atoms with Gasteiger partial charge in [0.15, 0.2) is 11.5 Å². The lowest BCUT2D eigenvalue weighted by Crippen LogP contribution is -2.14. The predicted molar refractivity (Wildman–Crippen MR) is 112 cm³/mol.